The van der Waals surface area contributed by atoms with Crippen molar-refractivity contribution in [3.8, 4) is 28.1 Å². The van der Waals surface area contributed by atoms with Crippen molar-refractivity contribution in [3.05, 3.63) is 72.1 Å². The van der Waals surface area contributed by atoms with Crippen LogP contribution in [0.25, 0.3) is 28.0 Å². The van der Waals surface area contributed by atoms with Gasteiger partial charge in [0.2, 0.25) is 0 Å². The second-order valence-electron chi connectivity index (χ2n) is 7.42. The van der Waals surface area contributed by atoms with E-state index in [0.717, 1.165) is 40.2 Å². The Bertz CT molecular complexity index is 1220. The van der Waals surface area contributed by atoms with Crippen molar-refractivity contribution in [1.82, 2.24) is 19.9 Å². The predicted octanol–water partition coefficient (Wildman–Crippen LogP) is 4.15. The number of hydrogen-bond acceptors (Lipinski definition) is 5. The first kappa shape index (κ1) is 21.5. The molecule has 4 aromatic rings. The third-order valence-electron chi connectivity index (χ3n) is 5.26. The van der Waals surface area contributed by atoms with Gasteiger partial charge in [-0.25, -0.2) is 9.50 Å². The number of nitrogens with zero attached hydrogens (tertiary/aromatic N) is 3. The molecule has 7 heteroatoms. The van der Waals surface area contributed by atoms with Crippen molar-refractivity contribution >= 4 is 11.6 Å². The third-order valence-corrected chi connectivity index (χ3v) is 5.26. The van der Waals surface area contributed by atoms with Gasteiger partial charge in [-0.05, 0) is 49.2 Å². The highest BCUT2D eigenvalue weighted by Crippen LogP contribution is 2.31. The molecule has 7 nitrogen and oxygen atoms in total. The Hall–Kier alpha value is -3.71. The average molecular weight is 431 g/mol. The van der Waals surface area contributed by atoms with Gasteiger partial charge in [-0.1, -0.05) is 30.3 Å². The van der Waals surface area contributed by atoms with E-state index in [4.69, 9.17) is 19.6 Å². The van der Waals surface area contributed by atoms with Gasteiger partial charge in [0, 0.05) is 31.4 Å². The minimum absolute atomic E-state index is 0.226. The molecule has 0 aliphatic heterocycles. The number of aryl methyl sites for hydroxylation is 1. The van der Waals surface area contributed by atoms with Gasteiger partial charge >= 0.3 is 0 Å². The summed E-state index contributed by atoms with van der Waals surface area (Å²) in [6.07, 6.45) is 0.733. The number of methoxy groups -OCH3 is 2. The van der Waals surface area contributed by atoms with E-state index < -0.39 is 0 Å². The van der Waals surface area contributed by atoms with Crippen molar-refractivity contribution in [2.75, 3.05) is 27.4 Å². The lowest BCUT2D eigenvalue weighted by atomic mass is 10.1. The van der Waals surface area contributed by atoms with Crippen LogP contribution in [-0.2, 0) is 4.74 Å². The number of fused-ring (bicyclic) bond motifs is 1. The summed E-state index contributed by atoms with van der Waals surface area (Å²) in [5.74, 6) is 0.535. The summed E-state index contributed by atoms with van der Waals surface area (Å²) in [5, 5.41) is 7.70. The molecule has 0 unspecified atom stereocenters. The lowest BCUT2D eigenvalue weighted by Crippen LogP contribution is -2.26. The van der Waals surface area contributed by atoms with Crippen LogP contribution in [0.4, 0.5) is 0 Å². The quantitative estimate of drug-likeness (QED) is 0.425. The van der Waals surface area contributed by atoms with Gasteiger partial charge < -0.3 is 14.8 Å². The molecule has 2 aromatic heterocycles. The molecule has 0 saturated heterocycles. The van der Waals surface area contributed by atoms with E-state index in [2.05, 4.69) is 5.32 Å². The third kappa shape index (κ3) is 4.33. The van der Waals surface area contributed by atoms with Crippen molar-refractivity contribution in [1.29, 1.82) is 0 Å². The first-order chi connectivity index (χ1) is 15.6. The average Bonchev–Trinajstić information content (AvgIpc) is 3.17. The van der Waals surface area contributed by atoms with E-state index in [-0.39, 0.29) is 5.91 Å². The summed E-state index contributed by atoms with van der Waals surface area (Å²) in [5.41, 5.74) is 5.44. The number of carbonyl (C=O) groups excluding carboxylic acids is 1. The number of nitrogens with one attached hydrogen (secondary N) is 1. The second kappa shape index (κ2) is 9.62. The Morgan fingerprint density at radius 1 is 1.03 bits per heavy atom. The van der Waals surface area contributed by atoms with Gasteiger partial charge in [-0.15, -0.1) is 0 Å². The lowest BCUT2D eigenvalue weighted by Gasteiger charge is -2.10. The van der Waals surface area contributed by atoms with E-state index in [1.807, 2.05) is 61.5 Å². The molecule has 2 heterocycles. The summed E-state index contributed by atoms with van der Waals surface area (Å²) < 4.78 is 12.2. The van der Waals surface area contributed by atoms with E-state index in [0.29, 0.717) is 24.5 Å². The SMILES string of the molecule is COCCCNC(=O)c1cc(-c2ccc(OC)cc2)n2nc(C)c(-c3ccccc3)c2n1. The van der Waals surface area contributed by atoms with Crippen molar-refractivity contribution in [2.24, 2.45) is 0 Å². The standard InChI is InChI=1S/C25H26N4O3/c1-17-23(19-8-5-4-6-9-19)24-27-21(25(30)26-14-7-15-31-2)16-22(29(24)28-17)18-10-12-20(32-3)13-11-18/h4-6,8-13,16H,7,14-15H2,1-3H3,(H,26,30). The molecule has 1 amide bonds. The van der Waals surface area contributed by atoms with Crippen LogP contribution < -0.4 is 10.1 Å². The Kier molecular flexibility index (Phi) is 6.47. The number of amides is 1. The van der Waals surface area contributed by atoms with Crippen LogP contribution in [0, 0.1) is 6.92 Å². The predicted molar refractivity (Wildman–Crippen MR) is 124 cm³/mol. The molecule has 0 aliphatic carbocycles. The molecule has 164 valence electrons. The highest BCUT2D eigenvalue weighted by atomic mass is 16.5. The fourth-order valence-electron chi connectivity index (χ4n) is 3.66. The highest BCUT2D eigenvalue weighted by Gasteiger charge is 2.20. The van der Waals surface area contributed by atoms with Gasteiger partial charge in [-0.2, -0.15) is 5.10 Å². The molecular weight excluding hydrogens is 404 g/mol. The number of ether oxygens (including phenoxy) is 2. The minimum Gasteiger partial charge on any atom is -0.497 e. The topological polar surface area (TPSA) is 77.8 Å². The lowest BCUT2D eigenvalue weighted by molar-refractivity contribution is 0.0944. The molecular formula is C25H26N4O3. The maximum atomic E-state index is 12.9. The van der Waals surface area contributed by atoms with E-state index in [9.17, 15) is 4.79 Å². The van der Waals surface area contributed by atoms with E-state index >= 15 is 0 Å². The fraction of sp³-hybridized carbons (Fsp3) is 0.240. The molecule has 0 atom stereocenters. The smallest absolute Gasteiger partial charge is 0.270 e. The van der Waals surface area contributed by atoms with Gasteiger partial charge in [0.15, 0.2) is 5.65 Å². The summed E-state index contributed by atoms with van der Waals surface area (Å²) >= 11 is 0. The summed E-state index contributed by atoms with van der Waals surface area (Å²) in [6, 6.07) is 19.4. The van der Waals surface area contributed by atoms with Crippen LogP contribution in [0.5, 0.6) is 5.75 Å². The molecule has 4 rings (SSSR count). The largest absolute Gasteiger partial charge is 0.497 e. The Morgan fingerprint density at radius 3 is 2.47 bits per heavy atom. The fourth-order valence-corrected chi connectivity index (χ4v) is 3.66. The highest BCUT2D eigenvalue weighted by molar-refractivity contribution is 5.95. The van der Waals surface area contributed by atoms with Gasteiger partial charge in [0.05, 0.1) is 18.5 Å². The van der Waals surface area contributed by atoms with Crippen LogP contribution in [0.1, 0.15) is 22.6 Å². The van der Waals surface area contributed by atoms with Crippen LogP contribution in [-0.4, -0.2) is 47.9 Å². The Morgan fingerprint density at radius 2 is 1.78 bits per heavy atom. The van der Waals surface area contributed by atoms with E-state index in [1.54, 1.807) is 24.8 Å². The molecule has 0 saturated carbocycles. The summed E-state index contributed by atoms with van der Waals surface area (Å²) in [4.78, 5) is 17.6. The molecule has 32 heavy (non-hydrogen) atoms. The Balaban J connectivity index is 1.85. The van der Waals surface area contributed by atoms with Crippen molar-refractivity contribution in [2.45, 2.75) is 13.3 Å². The van der Waals surface area contributed by atoms with Gasteiger partial charge in [0.1, 0.15) is 11.4 Å². The maximum Gasteiger partial charge on any atom is 0.270 e. The molecule has 1 N–H and O–H groups in total. The maximum absolute atomic E-state index is 12.9. The van der Waals surface area contributed by atoms with Crippen LogP contribution in [0.15, 0.2) is 60.7 Å². The van der Waals surface area contributed by atoms with Crippen molar-refractivity contribution < 1.29 is 14.3 Å². The molecule has 0 fully saturated rings. The monoisotopic (exact) mass is 430 g/mol. The van der Waals surface area contributed by atoms with Crippen molar-refractivity contribution in [3.63, 3.8) is 0 Å². The number of benzene rings is 2. The molecule has 0 aliphatic rings. The number of hydrogen-bond donors (Lipinski definition) is 1. The zero-order chi connectivity index (χ0) is 22.5. The molecule has 0 radical (unpaired) electrons. The Labute approximate surface area is 187 Å². The number of rotatable bonds is 8. The van der Waals surface area contributed by atoms with E-state index in [1.165, 1.54) is 0 Å². The van der Waals surface area contributed by atoms with Gasteiger partial charge in [0.25, 0.3) is 5.91 Å². The summed E-state index contributed by atoms with van der Waals surface area (Å²) in [6.45, 7) is 3.06. The summed E-state index contributed by atoms with van der Waals surface area (Å²) in [7, 11) is 3.28. The first-order valence-electron chi connectivity index (χ1n) is 10.5. The van der Waals surface area contributed by atoms with Gasteiger partial charge in [-0.3, -0.25) is 4.79 Å². The minimum atomic E-state index is -0.226. The molecule has 0 bridgehead atoms. The normalized spacial score (nSPS) is 11.0. The van der Waals surface area contributed by atoms with Crippen LogP contribution in [0.2, 0.25) is 0 Å². The molecule has 0 spiro atoms. The van der Waals surface area contributed by atoms with Crippen LogP contribution >= 0.6 is 0 Å². The van der Waals surface area contributed by atoms with Crippen LogP contribution in [0.3, 0.4) is 0 Å². The first-order valence-corrected chi connectivity index (χ1v) is 10.5. The molecule has 2 aromatic carbocycles. The second-order valence-corrected chi connectivity index (χ2v) is 7.42. The zero-order valence-corrected chi connectivity index (χ0v) is 18.5. The number of aromatic nitrogens is 3. The number of carbonyl (C=O) groups is 1. The zero-order valence-electron chi connectivity index (χ0n) is 18.5.